The number of nitrogens with zero attached hydrogens (tertiary/aromatic N) is 2. The molecule has 2 atom stereocenters. The van der Waals surface area contributed by atoms with Crippen LogP contribution in [-0.2, 0) is 16.1 Å². The van der Waals surface area contributed by atoms with Gasteiger partial charge in [-0.25, -0.2) is 4.99 Å². The van der Waals surface area contributed by atoms with Crippen molar-refractivity contribution in [3.05, 3.63) is 107 Å². The average Bonchev–Trinajstić information content (AvgIpc) is 3.27. The fourth-order valence-corrected chi connectivity index (χ4v) is 4.81. The number of likely N-dealkylation sites (N-methyl/N-ethyl adjacent to an activating group) is 1. The Morgan fingerprint density at radius 2 is 1.83 bits per heavy atom. The molecular weight excluding hydrogens is 452 g/mol. The van der Waals surface area contributed by atoms with Gasteiger partial charge >= 0.3 is 0 Å². The third kappa shape index (κ3) is 4.64. The number of hydrogen-bond donors (Lipinski definition) is 1. The quantitative estimate of drug-likeness (QED) is 0.469. The molecule has 0 aliphatic carbocycles. The van der Waals surface area contributed by atoms with E-state index in [1.165, 1.54) is 0 Å². The van der Waals surface area contributed by atoms with Gasteiger partial charge in [-0.15, -0.1) is 0 Å². The number of amides is 1. The minimum absolute atomic E-state index is 0.0552. The lowest BCUT2D eigenvalue weighted by molar-refractivity contribution is -0.138. The number of fused-ring (bicyclic) bond motifs is 3. The first-order chi connectivity index (χ1) is 17.6. The van der Waals surface area contributed by atoms with Crippen molar-refractivity contribution in [1.82, 2.24) is 4.90 Å². The minimum atomic E-state index is -1.10. The summed E-state index contributed by atoms with van der Waals surface area (Å²) >= 11 is 0. The van der Waals surface area contributed by atoms with Crippen molar-refractivity contribution >= 4 is 17.9 Å². The van der Waals surface area contributed by atoms with Crippen LogP contribution in [0, 0.1) is 0 Å². The molecule has 2 aliphatic rings. The maximum absolute atomic E-state index is 13.9. The molecule has 6 heteroatoms. The predicted octanol–water partition coefficient (Wildman–Crippen LogP) is 4.78. The molecule has 2 heterocycles. The summed E-state index contributed by atoms with van der Waals surface area (Å²) < 4.78 is 12.2. The number of aliphatic hydroxyl groups excluding tert-OH is 1. The van der Waals surface area contributed by atoms with Gasteiger partial charge in [-0.1, -0.05) is 66.7 Å². The van der Waals surface area contributed by atoms with Gasteiger partial charge in [-0.05, 0) is 35.4 Å². The van der Waals surface area contributed by atoms with Crippen molar-refractivity contribution in [3.8, 4) is 5.75 Å². The third-order valence-electron chi connectivity index (χ3n) is 6.64. The van der Waals surface area contributed by atoms with E-state index < -0.39 is 11.6 Å². The first kappa shape index (κ1) is 23.8. The Kier molecular flexibility index (Phi) is 6.87. The highest BCUT2D eigenvalue weighted by Gasteiger charge is 2.55. The van der Waals surface area contributed by atoms with Crippen molar-refractivity contribution in [2.75, 3.05) is 20.3 Å². The molecule has 184 valence electrons. The van der Waals surface area contributed by atoms with Crippen LogP contribution in [0.2, 0.25) is 0 Å². The van der Waals surface area contributed by atoms with Gasteiger partial charge in [0.2, 0.25) is 5.90 Å². The SMILES string of the molecule is CN1Cc2ccccc2[C@@H]2OC(c3ccc(OCCCO)cc3)=N[C@]2(C/C=C/c2ccccc2)C1=O. The number of benzene rings is 3. The summed E-state index contributed by atoms with van der Waals surface area (Å²) in [7, 11) is 1.83. The molecule has 5 rings (SSSR count). The summed E-state index contributed by atoms with van der Waals surface area (Å²) in [5, 5.41) is 8.97. The molecule has 1 amide bonds. The summed E-state index contributed by atoms with van der Waals surface area (Å²) in [5.74, 6) is 1.11. The molecular formula is C30H30N2O4. The zero-order valence-corrected chi connectivity index (χ0v) is 20.3. The maximum atomic E-state index is 13.9. The first-order valence-corrected chi connectivity index (χ1v) is 12.3. The Balaban J connectivity index is 1.52. The number of aliphatic imine (C=N–C) groups is 1. The number of aliphatic hydroxyl groups is 1. The normalized spacial score (nSPS) is 20.9. The first-order valence-electron chi connectivity index (χ1n) is 12.3. The molecule has 6 nitrogen and oxygen atoms in total. The Hall–Kier alpha value is -3.90. The van der Waals surface area contributed by atoms with Crippen LogP contribution in [0.1, 0.15) is 41.2 Å². The second-order valence-electron chi connectivity index (χ2n) is 9.17. The minimum Gasteiger partial charge on any atom is -0.494 e. The molecule has 2 aliphatic heterocycles. The Morgan fingerprint density at radius 3 is 2.61 bits per heavy atom. The Morgan fingerprint density at radius 1 is 1.08 bits per heavy atom. The van der Waals surface area contributed by atoms with Gasteiger partial charge in [0.15, 0.2) is 11.6 Å². The zero-order valence-electron chi connectivity index (χ0n) is 20.3. The van der Waals surface area contributed by atoms with Gasteiger partial charge in [0, 0.05) is 44.2 Å². The van der Waals surface area contributed by atoms with E-state index in [2.05, 4.69) is 6.07 Å². The highest BCUT2D eigenvalue weighted by Crippen LogP contribution is 2.46. The molecule has 3 aromatic carbocycles. The van der Waals surface area contributed by atoms with Crippen LogP contribution < -0.4 is 4.74 Å². The molecule has 0 unspecified atom stereocenters. The summed E-state index contributed by atoms with van der Waals surface area (Å²) in [4.78, 5) is 20.7. The second kappa shape index (κ2) is 10.4. The fraction of sp³-hybridized carbons (Fsp3) is 0.267. The van der Waals surface area contributed by atoms with E-state index in [0.29, 0.717) is 37.6 Å². The molecule has 0 radical (unpaired) electrons. The predicted molar refractivity (Wildman–Crippen MR) is 140 cm³/mol. The average molecular weight is 483 g/mol. The second-order valence-corrected chi connectivity index (χ2v) is 9.17. The molecule has 0 aromatic heterocycles. The van der Waals surface area contributed by atoms with E-state index in [1.54, 1.807) is 4.90 Å². The van der Waals surface area contributed by atoms with Crippen LogP contribution in [0.4, 0.5) is 0 Å². The van der Waals surface area contributed by atoms with Crippen molar-refractivity contribution in [2.24, 2.45) is 4.99 Å². The summed E-state index contributed by atoms with van der Waals surface area (Å²) in [6, 6.07) is 25.6. The van der Waals surface area contributed by atoms with Gasteiger partial charge in [-0.3, -0.25) is 4.79 Å². The number of rotatable bonds is 8. The molecule has 3 aromatic rings. The summed E-state index contributed by atoms with van der Waals surface area (Å²) in [5.41, 5.74) is 2.82. The lowest BCUT2D eigenvalue weighted by atomic mass is 9.84. The lowest BCUT2D eigenvalue weighted by Gasteiger charge is -2.30. The van der Waals surface area contributed by atoms with Crippen molar-refractivity contribution < 1.29 is 19.4 Å². The van der Waals surface area contributed by atoms with Gasteiger partial charge < -0.3 is 19.5 Å². The standard InChI is InChI=1S/C30H30N2O4/c1-32-21-24-12-5-6-13-26(24)27-30(29(32)34,18-7-11-22-9-3-2-4-10-22)31-28(36-27)23-14-16-25(17-15-23)35-20-8-19-33/h2-7,9-17,27,33H,8,18-21H2,1H3/b11-7+/t27-,30-/m0/s1. The number of ether oxygens (including phenoxy) is 2. The highest BCUT2D eigenvalue weighted by atomic mass is 16.5. The van der Waals surface area contributed by atoms with Crippen LogP contribution >= 0.6 is 0 Å². The largest absolute Gasteiger partial charge is 0.494 e. The highest BCUT2D eigenvalue weighted by molar-refractivity contribution is 6.01. The monoisotopic (exact) mass is 482 g/mol. The van der Waals surface area contributed by atoms with E-state index >= 15 is 0 Å². The van der Waals surface area contributed by atoms with Crippen molar-refractivity contribution in [1.29, 1.82) is 0 Å². The fourth-order valence-electron chi connectivity index (χ4n) is 4.81. The van der Waals surface area contributed by atoms with Crippen LogP contribution in [-0.4, -0.2) is 47.6 Å². The van der Waals surface area contributed by atoms with E-state index in [0.717, 1.165) is 22.3 Å². The van der Waals surface area contributed by atoms with Crippen LogP contribution in [0.15, 0.2) is 89.9 Å². The van der Waals surface area contributed by atoms with E-state index in [-0.39, 0.29) is 12.5 Å². The number of hydrogen-bond acceptors (Lipinski definition) is 5. The molecule has 36 heavy (non-hydrogen) atoms. The zero-order chi connectivity index (χ0) is 25.0. The Labute approximate surface area is 211 Å². The smallest absolute Gasteiger partial charge is 0.255 e. The van der Waals surface area contributed by atoms with E-state index in [4.69, 9.17) is 19.6 Å². The van der Waals surface area contributed by atoms with Crippen molar-refractivity contribution in [2.45, 2.75) is 31.0 Å². The van der Waals surface area contributed by atoms with E-state index in [9.17, 15) is 4.79 Å². The van der Waals surface area contributed by atoms with Crippen molar-refractivity contribution in [3.63, 3.8) is 0 Å². The van der Waals surface area contributed by atoms with Gasteiger partial charge in [-0.2, -0.15) is 0 Å². The molecule has 1 N–H and O–H groups in total. The maximum Gasteiger partial charge on any atom is 0.255 e. The lowest BCUT2D eigenvalue weighted by Crippen LogP contribution is -2.46. The topological polar surface area (TPSA) is 71.4 Å². The summed E-state index contributed by atoms with van der Waals surface area (Å²) in [6.45, 7) is 1.06. The van der Waals surface area contributed by atoms with Gasteiger partial charge in [0.1, 0.15) is 5.75 Å². The summed E-state index contributed by atoms with van der Waals surface area (Å²) in [6.07, 6.45) is 4.52. The van der Waals surface area contributed by atoms with Crippen LogP contribution in [0.25, 0.3) is 6.08 Å². The number of carbonyl (C=O) groups is 1. The molecule has 0 bridgehead atoms. The molecule has 0 saturated heterocycles. The van der Waals surface area contributed by atoms with Crippen LogP contribution in [0.5, 0.6) is 5.75 Å². The third-order valence-corrected chi connectivity index (χ3v) is 6.64. The van der Waals surface area contributed by atoms with E-state index in [1.807, 2.05) is 92.0 Å². The number of carbonyl (C=O) groups excluding carboxylic acids is 1. The molecule has 0 saturated carbocycles. The van der Waals surface area contributed by atoms with Crippen LogP contribution in [0.3, 0.4) is 0 Å². The van der Waals surface area contributed by atoms with Gasteiger partial charge in [0.05, 0.1) is 6.61 Å². The molecule has 0 spiro atoms. The Bertz CT molecular complexity index is 1270. The van der Waals surface area contributed by atoms with Gasteiger partial charge in [0.25, 0.3) is 5.91 Å². The molecule has 0 fully saturated rings.